The Kier molecular flexibility index (Phi) is 5.66. The highest BCUT2D eigenvalue weighted by atomic mass is 19.1. The molecular formula is C24H24F2N2O2. The molecule has 0 radical (unpaired) electrons. The third-order valence-electron chi connectivity index (χ3n) is 6.10. The van der Waals surface area contributed by atoms with Crippen molar-refractivity contribution in [3.05, 3.63) is 76.2 Å². The van der Waals surface area contributed by atoms with Crippen molar-refractivity contribution in [2.75, 3.05) is 0 Å². The van der Waals surface area contributed by atoms with Crippen LogP contribution in [0.2, 0.25) is 0 Å². The van der Waals surface area contributed by atoms with Gasteiger partial charge in [0.25, 0.3) is 11.5 Å². The van der Waals surface area contributed by atoms with Gasteiger partial charge in [-0.1, -0.05) is 31.5 Å². The summed E-state index contributed by atoms with van der Waals surface area (Å²) in [6.07, 6.45) is 6.53. The van der Waals surface area contributed by atoms with Gasteiger partial charge in [0.1, 0.15) is 11.6 Å². The molecule has 1 aliphatic rings. The Bertz CT molecular complexity index is 1150. The number of rotatable bonds is 4. The first-order valence-corrected chi connectivity index (χ1v) is 10.4. The smallest absolute Gasteiger partial charge is 0.263 e. The average Bonchev–Trinajstić information content (AvgIpc) is 2.75. The lowest BCUT2D eigenvalue weighted by Gasteiger charge is -2.28. The zero-order valence-corrected chi connectivity index (χ0v) is 16.8. The van der Waals surface area contributed by atoms with Gasteiger partial charge in [-0.15, -0.1) is 0 Å². The van der Waals surface area contributed by atoms with Gasteiger partial charge in [0.15, 0.2) is 0 Å². The van der Waals surface area contributed by atoms with Gasteiger partial charge in [0, 0.05) is 29.1 Å². The number of hydrogen-bond donors (Lipinski definition) is 1. The quantitative estimate of drug-likeness (QED) is 0.660. The number of carbonyl (C=O) groups excluding carboxylic acids is 1. The minimum atomic E-state index is -0.864. The Labute approximate surface area is 173 Å². The van der Waals surface area contributed by atoms with Crippen LogP contribution in [-0.2, 0) is 0 Å². The van der Waals surface area contributed by atoms with Crippen molar-refractivity contribution in [1.82, 2.24) is 9.88 Å². The molecule has 2 aromatic carbocycles. The number of benzene rings is 2. The number of hydrogen-bond acceptors (Lipinski definition) is 2. The minimum absolute atomic E-state index is 0.0852. The van der Waals surface area contributed by atoms with Gasteiger partial charge in [0.05, 0.1) is 11.3 Å². The molecule has 1 amide bonds. The summed E-state index contributed by atoms with van der Waals surface area (Å²) in [7, 11) is 0. The van der Waals surface area contributed by atoms with Crippen LogP contribution in [0.25, 0.3) is 16.5 Å². The van der Waals surface area contributed by atoms with Crippen molar-refractivity contribution in [3.8, 4) is 5.69 Å². The van der Waals surface area contributed by atoms with Crippen LogP contribution in [0.1, 0.15) is 49.4 Å². The maximum absolute atomic E-state index is 14.4. The lowest BCUT2D eigenvalue weighted by atomic mass is 9.84. The molecule has 156 valence electrons. The summed E-state index contributed by atoms with van der Waals surface area (Å²) >= 11 is 0. The molecular weight excluding hydrogens is 386 g/mol. The number of pyridine rings is 1. The van der Waals surface area contributed by atoms with Gasteiger partial charge in [0.2, 0.25) is 0 Å². The van der Waals surface area contributed by atoms with E-state index in [2.05, 4.69) is 12.2 Å². The van der Waals surface area contributed by atoms with E-state index >= 15 is 0 Å². The summed E-state index contributed by atoms with van der Waals surface area (Å²) in [5.74, 6) is -1.17. The maximum atomic E-state index is 14.4. The first-order valence-electron chi connectivity index (χ1n) is 10.4. The van der Waals surface area contributed by atoms with Crippen LogP contribution in [0, 0.1) is 17.6 Å². The lowest BCUT2D eigenvalue weighted by molar-refractivity contribution is 0.0922. The van der Waals surface area contributed by atoms with Crippen LogP contribution < -0.4 is 10.9 Å². The largest absolute Gasteiger partial charge is 0.349 e. The molecule has 1 heterocycles. The fourth-order valence-corrected chi connectivity index (χ4v) is 4.31. The highest BCUT2D eigenvalue weighted by molar-refractivity contribution is 6.06. The molecule has 4 nitrogen and oxygen atoms in total. The topological polar surface area (TPSA) is 51.1 Å². The number of nitrogens with zero attached hydrogens (tertiary/aromatic N) is 1. The molecule has 0 spiro atoms. The van der Waals surface area contributed by atoms with Gasteiger partial charge in [-0.2, -0.15) is 0 Å². The monoisotopic (exact) mass is 410 g/mol. The second-order valence-electron chi connectivity index (χ2n) is 7.96. The van der Waals surface area contributed by atoms with E-state index in [4.69, 9.17) is 0 Å². The normalized spacial score (nSPS) is 19.0. The highest BCUT2D eigenvalue weighted by Gasteiger charge is 2.23. The summed E-state index contributed by atoms with van der Waals surface area (Å²) in [5.41, 5.74) is -0.257. The van der Waals surface area contributed by atoms with Gasteiger partial charge < -0.3 is 5.32 Å². The van der Waals surface area contributed by atoms with E-state index in [0.717, 1.165) is 48.8 Å². The molecule has 0 saturated heterocycles. The molecule has 3 aromatic rings. The fraction of sp³-hybridized carbons (Fsp3) is 0.333. The Morgan fingerprint density at radius 3 is 2.43 bits per heavy atom. The summed E-state index contributed by atoms with van der Waals surface area (Å²) in [4.78, 5) is 26.1. The fourth-order valence-electron chi connectivity index (χ4n) is 4.31. The summed E-state index contributed by atoms with van der Waals surface area (Å²) in [5, 5.41) is 3.91. The Morgan fingerprint density at radius 2 is 1.77 bits per heavy atom. The van der Waals surface area contributed by atoms with Crippen LogP contribution in [-0.4, -0.2) is 16.5 Å². The van der Waals surface area contributed by atoms with E-state index in [1.165, 1.54) is 12.3 Å². The van der Waals surface area contributed by atoms with E-state index in [1.54, 1.807) is 24.3 Å². The van der Waals surface area contributed by atoms with Gasteiger partial charge in [-0.05, 0) is 49.8 Å². The number of fused-ring (bicyclic) bond motifs is 1. The van der Waals surface area contributed by atoms with Crippen molar-refractivity contribution in [1.29, 1.82) is 0 Å². The Morgan fingerprint density at radius 1 is 1.07 bits per heavy atom. The SMILES string of the molecule is CCC1CCC(NC(=O)c2cn(-c3ccc(F)cc3F)c(=O)c3ccccc23)CC1. The molecule has 4 rings (SSSR count). The van der Waals surface area contributed by atoms with Crippen molar-refractivity contribution < 1.29 is 13.6 Å². The van der Waals surface area contributed by atoms with Gasteiger partial charge in [-0.3, -0.25) is 14.2 Å². The third-order valence-corrected chi connectivity index (χ3v) is 6.10. The molecule has 30 heavy (non-hydrogen) atoms. The number of nitrogens with one attached hydrogen (secondary N) is 1. The second kappa shape index (κ2) is 8.38. The maximum Gasteiger partial charge on any atom is 0.263 e. The van der Waals surface area contributed by atoms with Crippen LogP contribution >= 0.6 is 0 Å². The zero-order valence-electron chi connectivity index (χ0n) is 16.8. The Hall–Kier alpha value is -3.02. The van der Waals surface area contributed by atoms with E-state index in [1.807, 2.05) is 0 Å². The molecule has 0 unspecified atom stereocenters. The van der Waals surface area contributed by atoms with Gasteiger partial charge >= 0.3 is 0 Å². The van der Waals surface area contributed by atoms with Crippen LogP contribution in [0.3, 0.4) is 0 Å². The van der Waals surface area contributed by atoms with Crippen molar-refractivity contribution in [2.45, 2.75) is 45.1 Å². The molecule has 1 saturated carbocycles. The van der Waals surface area contributed by atoms with E-state index in [-0.39, 0.29) is 17.6 Å². The standard InChI is InChI=1S/C24H24F2N2O2/c1-2-15-7-10-17(11-8-15)27-23(29)20-14-28(22-12-9-16(25)13-21(22)26)24(30)19-6-4-3-5-18(19)20/h3-6,9,12-15,17H,2,7-8,10-11H2,1H3,(H,27,29). The molecule has 0 atom stereocenters. The van der Waals surface area contributed by atoms with E-state index < -0.39 is 17.2 Å². The third kappa shape index (κ3) is 3.86. The number of aromatic nitrogens is 1. The van der Waals surface area contributed by atoms with Crippen molar-refractivity contribution in [2.24, 2.45) is 5.92 Å². The Balaban J connectivity index is 1.75. The van der Waals surface area contributed by atoms with Crippen LogP contribution in [0.4, 0.5) is 8.78 Å². The second-order valence-corrected chi connectivity index (χ2v) is 7.96. The van der Waals surface area contributed by atoms with Crippen molar-refractivity contribution in [3.63, 3.8) is 0 Å². The highest BCUT2D eigenvalue weighted by Crippen LogP contribution is 2.27. The van der Waals surface area contributed by atoms with Crippen LogP contribution in [0.15, 0.2) is 53.5 Å². The van der Waals surface area contributed by atoms with E-state index in [9.17, 15) is 18.4 Å². The minimum Gasteiger partial charge on any atom is -0.349 e. The average molecular weight is 410 g/mol. The molecule has 6 heteroatoms. The number of amides is 1. The summed E-state index contributed by atoms with van der Waals surface area (Å²) < 4.78 is 28.8. The first-order chi connectivity index (χ1) is 14.5. The van der Waals surface area contributed by atoms with Crippen LogP contribution in [0.5, 0.6) is 0 Å². The first kappa shape index (κ1) is 20.3. The zero-order chi connectivity index (χ0) is 21.3. The van der Waals surface area contributed by atoms with E-state index in [0.29, 0.717) is 22.3 Å². The lowest BCUT2D eigenvalue weighted by Crippen LogP contribution is -2.38. The molecule has 0 bridgehead atoms. The molecule has 1 fully saturated rings. The number of carbonyl (C=O) groups is 1. The predicted molar refractivity (Wildman–Crippen MR) is 113 cm³/mol. The molecule has 0 aliphatic heterocycles. The molecule has 1 aromatic heterocycles. The van der Waals surface area contributed by atoms with Crippen molar-refractivity contribution >= 4 is 16.7 Å². The molecule has 1 N–H and O–H groups in total. The molecule has 1 aliphatic carbocycles. The summed E-state index contributed by atoms with van der Waals surface area (Å²) in [6, 6.07) is 9.88. The number of halogens is 2. The van der Waals surface area contributed by atoms with Gasteiger partial charge in [-0.25, -0.2) is 8.78 Å². The summed E-state index contributed by atoms with van der Waals surface area (Å²) in [6.45, 7) is 2.19. The predicted octanol–water partition coefficient (Wildman–Crippen LogP) is 4.97.